The van der Waals surface area contributed by atoms with Gasteiger partial charge in [-0.2, -0.15) is 5.26 Å². The summed E-state index contributed by atoms with van der Waals surface area (Å²) in [5.74, 6) is 0.362. The third-order valence-corrected chi connectivity index (χ3v) is 5.55. The van der Waals surface area contributed by atoms with Crippen LogP contribution in [-0.2, 0) is 4.79 Å². The molecule has 0 radical (unpaired) electrons. The van der Waals surface area contributed by atoms with E-state index in [9.17, 15) is 14.9 Å². The Morgan fingerprint density at radius 1 is 1.13 bits per heavy atom. The molecule has 1 amide bonds. The van der Waals surface area contributed by atoms with E-state index in [-0.39, 0.29) is 18.6 Å². The van der Waals surface area contributed by atoms with E-state index in [2.05, 4.69) is 11.0 Å². The number of fused-ring (bicyclic) bond motifs is 1. The van der Waals surface area contributed by atoms with Gasteiger partial charge in [-0.05, 0) is 30.2 Å². The van der Waals surface area contributed by atoms with Crippen LogP contribution in [0.2, 0.25) is 0 Å². The Labute approximate surface area is 180 Å². The molecule has 0 N–H and O–H groups in total. The van der Waals surface area contributed by atoms with Crippen LogP contribution in [0, 0.1) is 18.3 Å². The minimum absolute atomic E-state index is 0.0953. The number of hydrogen-bond donors (Lipinski definition) is 0. The van der Waals surface area contributed by atoms with Gasteiger partial charge in [-0.15, -0.1) is 0 Å². The highest BCUT2D eigenvalue weighted by Gasteiger charge is 2.27. The largest absolute Gasteiger partial charge is 0.484 e. The van der Waals surface area contributed by atoms with Crippen molar-refractivity contribution in [3.8, 4) is 11.8 Å². The quantitative estimate of drug-likeness (QED) is 0.594. The minimum atomic E-state index is -0.415. The zero-order valence-electron chi connectivity index (χ0n) is 17.3. The van der Waals surface area contributed by atoms with E-state index in [1.54, 1.807) is 17.0 Å². The minimum Gasteiger partial charge on any atom is -0.484 e. The van der Waals surface area contributed by atoms with Gasteiger partial charge in [-0.1, -0.05) is 30.3 Å². The van der Waals surface area contributed by atoms with Crippen molar-refractivity contribution in [3.05, 3.63) is 76.1 Å². The van der Waals surface area contributed by atoms with Gasteiger partial charge in [0.2, 0.25) is 0 Å². The first-order valence-corrected chi connectivity index (χ1v) is 10.2. The molecule has 1 fully saturated rings. The number of benzene rings is 2. The third-order valence-electron chi connectivity index (χ3n) is 5.55. The fourth-order valence-corrected chi connectivity index (χ4v) is 3.86. The molecule has 4 rings (SSSR count). The molecule has 1 atom stereocenters. The monoisotopic (exact) mass is 417 g/mol. The second-order valence-electron chi connectivity index (χ2n) is 7.55. The first-order valence-electron chi connectivity index (χ1n) is 10.2. The smallest absolute Gasteiger partial charge is 0.336 e. The Hall–Kier alpha value is -3.63. The van der Waals surface area contributed by atoms with Crippen LogP contribution in [0.15, 0.2) is 63.8 Å². The summed E-state index contributed by atoms with van der Waals surface area (Å²) in [5, 5.41) is 10.4. The third kappa shape index (κ3) is 4.60. The lowest BCUT2D eigenvalue weighted by Gasteiger charge is -2.37. The Morgan fingerprint density at radius 2 is 1.87 bits per heavy atom. The maximum Gasteiger partial charge on any atom is 0.336 e. The summed E-state index contributed by atoms with van der Waals surface area (Å²) in [4.78, 5) is 28.0. The molecule has 1 aromatic heterocycles. The molecule has 158 valence electrons. The SMILES string of the molecule is Cc1cc(=O)oc2cc(OCC(=O)N3CCN(C(C#N)c4ccccc4)CC3)ccc12. The molecular weight excluding hydrogens is 394 g/mol. The molecule has 1 aliphatic rings. The molecule has 3 aromatic rings. The van der Waals surface area contributed by atoms with Crippen LogP contribution >= 0.6 is 0 Å². The lowest BCUT2D eigenvalue weighted by Crippen LogP contribution is -2.50. The first-order chi connectivity index (χ1) is 15.0. The zero-order chi connectivity index (χ0) is 21.8. The maximum atomic E-state index is 12.6. The number of nitriles is 1. The molecule has 0 spiro atoms. The summed E-state index contributed by atoms with van der Waals surface area (Å²) >= 11 is 0. The number of piperazine rings is 1. The van der Waals surface area contributed by atoms with Crippen LogP contribution in [0.5, 0.6) is 5.75 Å². The molecule has 1 saturated heterocycles. The van der Waals surface area contributed by atoms with Crippen LogP contribution in [0.3, 0.4) is 0 Å². The lowest BCUT2D eigenvalue weighted by atomic mass is 10.1. The van der Waals surface area contributed by atoms with Gasteiger partial charge in [-0.25, -0.2) is 4.79 Å². The van der Waals surface area contributed by atoms with Gasteiger partial charge in [0, 0.05) is 43.7 Å². The van der Waals surface area contributed by atoms with E-state index in [4.69, 9.17) is 9.15 Å². The number of nitrogens with zero attached hydrogens (tertiary/aromatic N) is 3. The van der Waals surface area contributed by atoms with Crippen LogP contribution in [0.1, 0.15) is 17.2 Å². The number of rotatable bonds is 5. The molecular formula is C24H23N3O4. The summed E-state index contributed by atoms with van der Waals surface area (Å²) in [6.45, 7) is 4.08. The maximum absolute atomic E-state index is 12.6. The summed E-state index contributed by atoms with van der Waals surface area (Å²) in [6.07, 6.45) is 0. The van der Waals surface area contributed by atoms with E-state index in [1.165, 1.54) is 6.07 Å². The van der Waals surface area contributed by atoms with Gasteiger partial charge < -0.3 is 14.1 Å². The van der Waals surface area contributed by atoms with Gasteiger partial charge in [0.15, 0.2) is 6.61 Å². The highest BCUT2D eigenvalue weighted by atomic mass is 16.5. The second-order valence-corrected chi connectivity index (χ2v) is 7.55. The van der Waals surface area contributed by atoms with Crippen molar-refractivity contribution in [2.24, 2.45) is 0 Å². The van der Waals surface area contributed by atoms with Crippen molar-refractivity contribution in [2.75, 3.05) is 32.8 Å². The molecule has 7 nitrogen and oxygen atoms in total. The van der Waals surface area contributed by atoms with Crippen molar-refractivity contribution in [1.82, 2.24) is 9.80 Å². The summed E-state index contributed by atoms with van der Waals surface area (Å²) in [5.41, 5.74) is 1.82. The number of ether oxygens (including phenoxy) is 1. The van der Waals surface area contributed by atoms with E-state index in [1.807, 2.05) is 43.3 Å². The van der Waals surface area contributed by atoms with E-state index < -0.39 is 5.63 Å². The molecule has 1 unspecified atom stereocenters. The standard InChI is InChI=1S/C24H23N3O4/c1-17-13-24(29)31-22-14-19(7-8-20(17)22)30-16-23(28)27-11-9-26(10-12-27)21(15-25)18-5-3-2-4-6-18/h2-8,13-14,21H,9-12,16H2,1H3. The predicted molar refractivity (Wildman–Crippen MR) is 116 cm³/mol. The number of carbonyl (C=O) groups excluding carboxylic acids is 1. The normalized spacial score (nSPS) is 15.4. The van der Waals surface area contributed by atoms with Gasteiger partial charge in [-0.3, -0.25) is 9.69 Å². The molecule has 1 aliphatic heterocycles. The Morgan fingerprint density at radius 3 is 2.58 bits per heavy atom. The van der Waals surface area contributed by atoms with Gasteiger partial charge in [0.1, 0.15) is 17.4 Å². The highest BCUT2D eigenvalue weighted by Crippen LogP contribution is 2.23. The van der Waals surface area contributed by atoms with Crippen molar-refractivity contribution in [2.45, 2.75) is 13.0 Å². The van der Waals surface area contributed by atoms with Crippen molar-refractivity contribution in [1.29, 1.82) is 5.26 Å². The van der Waals surface area contributed by atoms with Crippen molar-refractivity contribution in [3.63, 3.8) is 0 Å². The van der Waals surface area contributed by atoms with Crippen molar-refractivity contribution >= 4 is 16.9 Å². The summed E-state index contributed by atoms with van der Waals surface area (Å²) in [6, 6.07) is 18.4. The highest BCUT2D eigenvalue weighted by molar-refractivity contribution is 5.81. The van der Waals surface area contributed by atoms with Gasteiger partial charge >= 0.3 is 5.63 Å². The van der Waals surface area contributed by atoms with Crippen LogP contribution in [0.25, 0.3) is 11.0 Å². The average Bonchev–Trinajstić information content (AvgIpc) is 2.79. The predicted octanol–water partition coefficient (Wildman–Crippen LogP) is 2.89. The van der Waals surface area contributed by atoms with Gasteiger partial charge in [0.25, 0.3) is 5.91 Å². The van der Waals surface area contributed by atoms with Crippen molar-refractivity contribution < 1.29 is 13.9 Å². The number of amides is 1. The fraction of sp³-hybridized carbons (Fsp3) is 0.292. The molecule has 0 bridgehead atoms. The van der Waals surface area contributed by atoms with E-state index >= 15 is 0 Å². The lowest BCUT2D eigenvalue weighted by molar-refractivity contribution is -0.135. The topological polar surface area (TPSA) is 86.8 Å². The molecule has 0 saturated carbocycles. The first kappa shape index (κ1) is 20.6. The zero-order valence-corrected chi connectivity index (χ0v) is 17.3. The Kier molecular flexibility index (Phi) is 6.01. The average molecular weight is 417 g/mol. The molecule has 31 heavy (non-hydrogen) atoms. The summed E-state index contributed by atoms with van der Waals surface area (Å²) < 4.78 is 10.9. The fourth-order valence-electron chi connectivity index (χ4n) is 3.86. The number of hydrogen-bond acceptors (Lipinski definition) is 6. The second kappa shape index (κ2) is 9.02. The number of carbonyl (C=O) groups is 1. The summed E-state index contributed by atoms with van der Waals surface area (Å²) in [7, 11) is 0. The molecule has 2 aromatic carbocycles. The Bertz CT molecular complexity index is 1170. The Balaban J connectivity index is 1.34. The van der Waals surface area contributed by atoms with E-state index in [0.29, 0.717) is 37.5 Å². The van der Waals surface area contributed by atoms with Crippen LogP contribution < -0.4 is 10.4 Å². The molecule has 0 aliphatic carbocycles. The van der Waals surface area contributed by atoms with Gasteiger partial charge in [0.05, 0.1) is 6.07 Å². The molecule has 2 heterocycles. The molecule has 7 heteroatoms. The number of aryl methyl sites for hydroxylation is 1. The van der Waals surface area contributed by atoms with Crippen LogP contribution in [-0.4, -0.2) is 48.5 Å². The van der Waals surface area contributed by atoms with E-state index in [0.717, 1.165) is 16.5 Å². The van der Waals surface area contributed by atoms with Crippen LogP contribution in [0.4, 0.5) is 0 Å².